The molecule has 0 aromatic heterocycles. The number of hydrogen-bond donors (Lipinski definition) is 2. The monoisotopic (exact) mass is 208 g/mol. The minimum atomic E-state index is -1.56. The fourth-order valence-corrected chi connectivity index (χ4v) is 1.45. The van der Waals surface area contributed by atoms with Crippen LogP contribution in [0.25, 0.3) is 0 Å². The fraction of sp³-hybridized carbons (Fsp3) is 0.273. The van der Waals surface area contributed by atoms with Gasteiger partial charge in [0.25, 0.3) is 0 Å². The number of carbonyl (C=O) groups excluding carboxylic acids is 1. The third-order valence-electron chi connectivity index (χ3n) is 2.28. The summed E-state index contributed by atoms with van der Waals surface area (Å²) in [6.45, 7) is 3.38. The molecule has 1 aliphatic rings. The van der Waals surface area contributed by atoms with Crippen LogP contribution in [-0.2, 0) is 9.59 Å². The van der Waals surface area contributed by atoms with Crippen LogP contribution in [0, 0.1) is 0 Å². The highest BCUT2D eigenvalue weighted by molar-refractivity contribution is 5.94. The summed E-state index contributed by atoms with van der Waals surface area (Å²) in [6.07, 6.45) is 5.21. The van der Waals surface area contributed by atoms with Crippen LogP contribution >= 0.6 is 0 Å². The maximum Gasteiger partial charge on any atom is 0.334 e. The van der Waals surface area contributed by atoms with Crippen LogP contribution in [0.5, 0.6) is 0 Å². The molecular formula is C11H12O4. The summed E-state index contributed by atoms with van der Waals surface area (Å²) in [7, 11) is 0. The van der Waals surface area contributed by atoms with E-state index in [0.29, 0.717) is 0 Å². The van der Waals surface area contributed by atoms with Gasteiger partial charge in [-0.15, -0.1) is 0 Å². The van der Waals surface area contributed by atoms with E-state index < -0.39 is 11.6 Å². The predicted octanol–water partition coefficient (Wildman–Crippen LogP) is 0.834. The molecule has 0 aromatic rings. The van der Waals surface area contributed by atoms with Crippen LogP contribution < -0.4 is 0 Å². The molecule has 80 valence electrons. The molecular weight excluding hydrogens is 196 g/mol. The van der Waals surface area contributed by atoms with Gasteiger partial charge in [0.05, 0.1) is 5.57 Å². The summed E-state index contributed by atoms with van der Waals surface area (Å²) in [4.78, 5) is 21.8. The Kier molecular flexibility index (Phi) is 3.21. The minimum Gasteiger partial charge on any atom is -0.478 e. The number of carboxylic acid groups (broad SMARTS) is 1. The van der Waals surface area contributed by atoms with E-state index in [1.54, 1.807) is 0 Å². The van der Waals surface area contributed by atoms with Crippen molar-refractivity contribution in [2.75, 3.05) is 0 Å². The van der Waals surface area contributed by atoms with Crippen molar-refractivity contribution in [3.63, 3.8) is 0 Å². The van der Waals surface area contributed by atoms with Crippen molar-refractivity contribution in [2.45, 2.75) is 18.4 Å². The molecule has 4 nitrogen and oxygen atoms in total. The average molecular weight is 208 g/mol. The zero-order valence-corrected chi connectivity index (χ0v) is 8.14. The number of rotatable bonds is 3. The third-order valence-corrected chi connectivity index (χ3v) is 2.28. The maximum absolute atomic E-state index is 10.9. The minimum absolute atomic E-state index is 0.0916. The number of allylic oxidation sites excluding steroid dienone is 3. The van der Waals surface area contributed by atoms with Gasteiger partial charge in [-0.3, -0.25) is 4.79 Å². The molecule has 0 radical (unpaired) electrons. The molecule has 4 heteroatoms. The van der Waals surface area contributed by atoms with Gasteiger partial charge in [-0.25, -0.2) is 4.79 Å². The quantitative estimate of drug-likeness (QED) is 0.532. The van der Waals surface area contributed by atoms with Crippen molar-refractivity contribution in [3.8, 4) is 0 Å². The molecule has 1 aliphatic carbocycles. The second-order valence-electron chi connectivity index (χ2n) is 3.35. The second-order valence-corrected chi connectivity index (χ2v) is 3.35. The average Bonchev–Trinajstić information content (AvgIpc) is 2.19. The van der Waals surface area contributed by atoms with E-state index in [0.717, 1.165) is 0 Å². The van der Waals surface area contributed by atoms with Gasteiger partial charge in [0, 0.05) is 6.42 Å². The van der Waals surface area contributed by atoms with Gasteiger partial charge in [0.15, 0.2) is 5.78 Å². The Bertz CT molecular complexity index is 365. The summed E-state index contributed by atoms with van der Waals surface area (Å²) in [5, 5.41) is 18.9. The van der Waals surface area contributed by atoms with E-state index in [1.165, 1.54) is 24.3 Å². The zero-order chi connectivity index (χ0) is 11.5. The van der Waals surface area contributed by atoms with Crippen LogP contribution in [0.3, 0.4) is 0 Å². The first kappa shape index (κ1) is 11.4. The maximum atomic E-state index is 10.9. The Morgan fingerprint density at radius 1 is 1.60 bits per heavy atom. The van der Waals surface area contributed by atoms with E-state index in [-0.39, 0.29) is 24.2 Å². The van der Waals surface area contributed by atoms with Crippen molar-refractivity contribution in [1.29, 1.82) is 0 Å². The fourth-order valence-electron chi connectivity index (χ4n) is 1.45. The molecule has 0 amide bonds. The highest BCUT2D eigenvalue weighted by Gasteiger charge is 2.35. The molecule has 15 heavy (non-hydrogen) atoms. The largest absolute Gasteiger partial charge is 0.478 e. The van der Waals surface area contributed by atoms with Gasteiger partial charge in [-0.1, -0.05) is 12.7 Å². The SMILES string of the molecule is C=CC=C(C(=O)O)C1(O)C=CC(=O)CC1. The first-order chi connectivity index (χ1) is 6.99. The summed E-state index contributed by atoms with van der Waals surface area (Å²) in [5.74, 6) is -1.32. The van der Waals surface area contributed by atoms with Crippen LogP contribution in [0.4, 0.5) is 0 Å². The van der Waals surface area contributed by atoms with Gasteiger partial charge in [-0.2, -0.15) is 0 Å². The van der Waals surface area contributed by atoms with Crippen molar-refractivity contribution in [1.82, 2.24) is 0 Å². The van der Waals surface area contributed by atoms with E-state index in [4.69, 9.17) is 5.11 Å². The van der Waals surface area contributed by atoms with Crippen LogP contribution in [0.2, 0.25) is 0 Å². The molecule has 0 aromatic carbocycles. The predicted molar refractivity (Wildman–Crippen MR) is 54.2 cm³/mol. The first-order valence-corrected chi connectivity index (χ1v) is 4.50. The number of carboxylic acids is 1. The van der Waals surface area contributed by atoms with Crippen molar-refractivity contribution >= 4 is 11.8 Å². The Balaban J connectivity index is 3.08. The Morgan fingerprint density at radius 3 is 2.67 bits per heavy atom. The Labute approximate surface area is 87.2 Å². The second kappa shape index (κ2) is 4.23. The molecule has 0 spiro atoms. The standard InChI is InChI=1S/C11H12O4/c1-2-3-9(10(13)14)11(15)6-4-8(12)5-7-11/h2-4,6,15H,1,5,7H2,(H,13,14). The summed E-state index contributed by atoms with van der Waals surface area (Å²) in [6, 6.07) is 0. The zero-order valence-electron chi connectivity index (χ0n) is 8.14. The summed E-state index contributed by atoms with van der Waals surface area (Å²) < 4.78 is 0. The number of ketones is 1. The molecule has 0 heterocycles. The molecule has 0 saturated carbocycles. The van der Waals surface area contributed by atoms with Gasteiger partial charge < -0.3 is 10.2 Å². The van der Waals surface area contributed by atoms with E-state index in [2.05, 4.69) is 6.58 Å². The first-order valence-electron chi connectivity index (χ1n) is 4.50. The Hall–Kier alpha value is -1.68. The van der Waals surface area contributed by atoms with E-state index >= 15 is 0 Å². The van der Waals surface area contributed by atoms with Crippen molar-refractivity contribution in [3.05, 3.63) is 36.5 Å². The summed E-state index contributed by atoms with van der Waals surface area (Å²) >= 11 is 0. The molecule has 2 N–H and O–H groups in total. The molecule has 1 unspecified atom stereocenters. The van der Waals surface area contributed by atoms with Crippen molar-refractivity contribution < 1.29 is 19.8 Å². The smallest absolute Gasteiger partial charge is 0.334 e. The van der Waals surface area contributed by atoms with Crippen LogP contribution in [-0.4, -0.2) is 27.6 Å². The molecule has 1 rings (SSSR count). The highest BCUT2D eigenvalue weighted by atomic mass is 16.4. The highest BCUT2D eigenvalue weighted by Crippen LogP contribution is 2.28. The van der Waals surface area contributed by atoms with E-state index in [9.17, 15) is 14.7 Å². The molecule has 1 atom stereocenters. The van der Waals surface area contributed by atoms with Gasteiger partial charge in [-0.05, 0) is 24.6 Å². The number of aliphatic carboxylic acids is 1. The lowest BCUT2D eigenvalue weighted by molar-refractivity contribution is -0.135. The normalized spacial score (nSPS) is 26.5. The number of hydrogen-bond acceptors (Lipinski definition) is 3. The molecule has 0 aliphatic heterocycles. The lowest BCUT2D eigenvalue weighted by Crippen LogP contribution is -2.35. The van der Waals surface area contributed by atoms with E-state index in [1.807, 2.05) is 0 Å². The van der Waals surface area contributed by atoms with Gasteiger partial charge in [0.2, 0.25) is 0 Å². The van der Waals surface area contributed by atoms with Crippen LogP contribution in [0.15, 0.2) is 36.5 Å². The van der Waals surface area contributed by atoms with Crippen molar-refractivity contribution in [2.24, 2.45) is 0 Å². The van der Waals surface area contributed by atoms with Crippen LogP contribution in [0.1, 0.15) is 12.8 Å². The van der Waals surface area contributed by atoms with Gasteiger partial charge in [0.1, 0.15) is 5.60 Å². The Morgan fingerprint density at radius 2 is 2.27 bits per heavy atom. The van der Waals surface area contributed by atoms with Gasteiger partial charge >= 0.3 is 5.97 Å². The number of carbonyl (C=O) groups is 2. The number of aliphatic hydroxyl groups is 1. The molecule has 0 bridgehead atoms. The topological polar surface area (TPSA) is 74.6 Å². The summed E-state index contributed by atoms with van der Waals surface area (Å²) in [5.41, 5.74) is -1.73. The molecule has 0 fully saturated rings. The lowest BCUT2D eigenvalue weighted by Gasteiger charge is -2.27. The lowest BCUT2D eigenvalue weighted by atomic mass is 9.83. The third kappa shape index (κ3) is 2.41. The molecule has 0 saturated heterocycles.